The van der Waals surface area contributed by atoms with Gasteiger partial charge in [-0.05, 0) is 19.8 Å². The van der Waals surface area contributed by atoms with E-state index >= 15 is 0 Å². The lowest BCUT2D eigenvalue weighted by Gasteiger charge is -2.25. The van der Waals surface area contributed by atoms with Gasteiger partial charge >= 0.3 is 0 Å². The molecule has 1 N–H and O–H groups in total. The number of hydrogen-bond acceptors (Lipinski definition) is 3. The van der Waals surface area contributed by atoms with E-state index in [1.165, 1.54) is 32.1 Å². The SMILES string of the molecule is C=CCNCc1nnc(C)n1C1CCCCC1. The van der Waals surface area contributed by atoms with Crippen molar-refractivity contribution >= 4 is 0 Å². The molecule has 0 amide bonds. The van der Waals surface area contributed by atoms with E-state index in [2.05, 4.69) is 33.6 Å². The quantitative estimate of drug-likeness (QED) is 0.628. The molecule has 0 spiro atoms. The number of aryl methyl sites for hydroxylation is 1. The third kappa shape index (κ3) is 2.94. The first-order valence-corrected chi connectivity index (χ1v) is 6.55. The van der Waals surface area contributed by atoms with Crippen LogP contribution in [-0.4, -0.2) is 21.3 Å². The molecule has 17 heavy (non-hydrogen) atoms. The zero-order valence-corrected chi connectivity index (χ0v) is 10.7. The molecular formula is C13H22N4. The molecule has 0 atom stereocenters. The van der Waals surface area contributed by atoms with Gasteiger partial charge in [0, 0.05) is 12.6 Å². The van der Waals surface area contributed by atoms with Gasteiger partial charge in [-0.2, -0.15) is 0 Å². The van der Waals surface area contributed by atoms with Gasteiger partial charge in [0.2, 0.25) is 0 Å². The molecule has 1 aliphatic carbocycles. The van der Waals surface area contributed by atoms with Gasteiger partial charge in [0.25, 0.3) is 0 Å². The Kier molecular flexibility index (Phi) is 4.31. The van der Waals surface area contributed by atoms with Crippen molar-refractivity contribution in [3.8, 4) is 0 Å². The molecule has 1 fully saturated rings. The Morgan fingerprint density at radius 2 is 2.12 bits per heavy atom. The van der Waals surface area contributed by atoms with Crippen LogP contribution in [0.1, 0.15) is 49.8 Å². The second-order valence-electron chi connectivity index (χ2n) is 4.74. The van der Waals surface area contributed by atoms with Crippen LogP contribution in [0.15, 0.2) is 12.7 Å². The molecule has 1 aromatic rings. The van der Waals surface area contributed by atoms with Gasteiger partial charge in [-0.1, -0.05) is 25.3 Å². The summed E-state index contributed by atoms with van der Waals surface area (Å²) in [5, 5.41) is 11.8. The Labute approximate surface area is 103 Å². The molecule has 4 nitrogen and oxygen atoms in total. The highest BCUT2D eigenvalue weighted by Crippen LogP contribution is 2.29. The third-order valence-corrected chi connectivity index (χ3v) is 3.45. The fourth-order valence-electron chi connectivity index (χ4n) is 2.63. The number of nitrogens with zero attached hydrogens (tertiary/aromatic N) is 3. The van der Waals surface area contributed by atoms with E-state index in [1.54, 1.807) is 0 Å². The summed E-state index contributed by atoms with van der Waals surface area (Å²) in [4.78, 5) is 0. The average molecular weight is 234 g/mol. The number of nitrogens with one attached hydrogen (secondary N) is 1. The van der Waals surface area contributed by atoms with Crippen LogP contribution in [0.3, 0.4) is 0 Å². The number of hydrogen-bond donors (Lipinski definition) is 1. The molecule has 94 valence electrons. The van der Waals surface area contributed by atoms with Gasteiger partial charge in [0.05, 0.1) is 6.54 Å². The summed E-state index contributed by atoms with van der Waals surface area (Å²) >= 11 is 0. The Morgan fingerprint density at radius 1 is 1.35 bits per heavy atom. The van der Waals surface area contributed by atoms with E-state index < -0.39 is 0 Å². The van der Waals surface area contributed by atoms with Crippen LogP contribution >= 0.6 is 0 Å². The molecule has 0 saturated heterocycles. The largest absolute Gasteiger partial charge is 0.311 e. The second-order valence-corrected chi connectivity index (χ2v) is 4.74. The topological polar surface area (TPSA) is 42.7 Å². The highest BCUT2D eigenvalue weighted by atomic mass is 15.3. The molecule has 1 aliphatic rings. The molecule has 0 bridgehead atoms. The van der Waals surface area contributed by atoms with E-state index in [1.807, 2.05) is 6.08 Å². The number of aromatic nitrogens is 3. The maximum atomic E-state index is 4.28. The van der Waals surface area contributed by atoms with Crippen LogP contribution in [-0.2, 0) is 6.54 Å². The minimum Gasteiger partial charge on any atom is -0.311 e. The van der Waals surface area contributed by atoms with E-state index in [0.29, 0.717) is 6.04 Å². The summed E-state index contributed by atoms with van der Waals surface area (Å²) in [6.45, 7) is 7.36. The van der Waals surface area contributed by atoms with Crippen LogP contribution < -0.4 is 5.32 Å². The minimum atomic E-state index is 0.610. The molecule has 1 saturated carbocycles. The smallest absolute Gasteiger partial charge is 0.147 e. The van der Waals surface area contributed by atoms with Crippen molar-refractivity contribution in [1.29, 1.82) is 0 Å². The van der Waals surface area contributed by atoms with E-state index in [9.17, 15) is 0 Å². The Bertz CT molecular complexity index is 363. The van der Waals surface area contributed by atoms with Gasteiger partial charge < -0.3 is 9.88 Å². The van der Waals surface area contributed by atoms with E-state index in [-0.39, 0.29) is 0 Å². The molecule has 0 unspecified atom stereocenters. The maximum absolute atomic E-state index is 4.28. The van der Waals surface area contributed by atoms with Gasteiger partial charge in [-0.25, -0.2) is 0 Å². The van der Waals surface area contributed by atoms with Crippen LogP contribution in [0.2, 0.25) is 0 Å². The maximum Gasteiger partial charge on any atom is 0.147 e. The molecule has 0 radical (unpaired) electrons. The predicted molar refractivity (Wildman–Crippen MR) is 68.8 cm³/mol. The molecule has 4 heteroatoms. The first kappa shape index (κ1) is 12.3. The van der Waals surface area contributed by atoms with Crippen molar-refractivity contribution in [2.24, 2.45) is 0 Å². The average Bonchev–Trinajstić information content (AvgIpc) is 2.72. The summed E-state index contributed by atoms with van der Waals surface area (Å²) < 4.78 is 2.33. The van der Waals surface area contributed by atoms with Crippen molar-refractivity contribution in [1.82, 2.24) is 20.1 Å². The van der Waals surface area contributed by atoms with Gasteiger partial charge in [-0.3, -0.25) is 0 Å². The van der Waals surface area contributed by atoms with Crippen molar-refractivity contribution < 1.29 is 0 Å². The van der Waals surface area contributed by atoms with Crippen LogP contribution in [0, 0.1) is 6.92 Å². The highest BCUT2D eigenvalue weighted by Gasteiger charge is 2.20. The molecule has 1 aromatic heterocycles. The predicted octanol–water partition coefficient (Wildman–Crippen LogP) is 2.37. The summed E-state index contributed by atoms with van der Waals surface area (Å²) in [5.41, 5.74) is 0. The lowest BCUT2D eigenvalue weighted by Crippen LogP contribution is -2.21. The Morgan fingerprint density at radius 3 is 2.82 bits per heavy atom. The second kappa shape index (κ2) is 5.96. The summed E-state index contributed by atoms with van der Waals surface area (Å²) in [6, 6.07) is 0.610. The highest BCUT2D eigenvalue weighted by molar-refractivity contribution is 4.98. The zero-order valence-electron chi connectivity index (χ0n) is 10.7. The summed E-state index contributed by atoms with van der Waals surface area (Å²) in [6.07, 6.45) is 8.46. The standard InChI is InChI=1S/C13H22N4/c1-3-9-14-10-13-16-15-11(2)17(13)12-7-5-4-6-8-12/h3,12,14H,1,4-10H2,2H3. The van der Waals surface area contributed by atoms with Crippen molar-refractivity contribution in [2.75, 3.05) is 6.54 Å². The number of rotatable bonds is 5. The van der Waals surface area contributed by atoms with Crippen LogP contribution in [0.25, 0.3) is 0 Å². The van der Waals surface area contributed by atoms with E-state index in [0.717, 1.165) is 24.7 Å². The van der Waals surface area contributed by atoms with Crippen molar-refractivity contribution in [3.05, 3.63) is 24.3 Å². The molecule has 0 aromatic carbocycles. The first-order valence-electron chi connectivity index (χ1n) is 6.55. The molecular weight excluding hydrogens is 212 g/mol. The molecule has 1 heterocycles. The summed E-state index contributed by atoms with van der Waals surface area (Å²) in [7, 11) is 0. The zero-order chi connectivity index (χ0) is 12.1. The minimum absolute atomic E-state index is 0.610. The fourth-order valence-corrected chi connectivity index (χ4v) is 2.63. The van der Waals surface area contributed by atoms with Crippen molar-refractivity contribution in [3.63, 3.8) is 0 Å². The Hall–Kier alpha value is -1.16. The van der Waals surface area contributed by atoms with Gasteiger partial charge in [0.1, 0.15) is 11.6 Å². The lowest BCUT2D eigenvalue weighted by molar-refractivity contribution is 0.339. The van der Waals surface area contributed by atoms with Gasteiger partial charge in [0.15, 0.2) is 0 Å². The van der Waals surface area contributed by atoms with E-state index in [4.69, 9.17) is 0 Å². The van der Waals surface area contributed by atoms with Crippen LogP contribution in [0.5, 0.6) is 0 Å². The van der Waals surface area contributed by atoms with Crippen LogP contribution in [0.4, 0.5) is 0 Å². The molecule has 2 rings (SSSR count). The normalized spacial score (nSPS) is 17.2. The third-order valence-electron chi connectivity index (χ3n) is 3.45. The van der Waals surface area contributed by atoms with Gasteiger partial charge in [-0.15, -0.1) is 16.8 Å². The Balaban J connectivity index is 2.07. The monoisotopic (exact) mass is 234 g/mol. The summed E-state index contributed by atoms with van der Waals surface area (Å²) in [5.74, 6) is 2.11. The van der Waals surface area contributed by atoms with Crippen molar-refractivity contribution in [2.45, 2.75) is 51.6 Å². The molecule has 0 aliphatic heterocycles. The first-order chi connectivity index (χ1) is 8.33. The lowest BCUT2D eigenvalue weighted by atomic mass is 9.95. The fraction of sp³-hybridized carbons (Fsp3) is 0.692.